The number of hydrogen-bond acceptors (Lipinski definition) is 5. The van der Waals surface area contributed by atoms with Crippen molar-refractivity contribution in [1.29, 1.82) is 0 Å². The van der Waals surface area contributed by atoms with Crippen molar-refractivity contribution >= 4 is 35.8 Å². The summed E-state index contributed by atoms with van der Waals surface area (Å²) in [7, 11) is 1.72. The average Bonchev–Trinajstić information content (AvgIpc) is 2.83. The first kappa shape index (κ1) is 27.2. The van der Waals surface area contributed by atoms with Gasteiger partial charge in [-0.25, -0.2) is 9.98 Å². The fourth-order valence-electron chi connectivity index (χ4n) is 3.96. The van der Waals surface area contributed by atoms with Gasteiger partial charge in [-0.3, -0.25) is 0 Å². The molecule has 0 saturated carbocycles. The Morgan fingerprint density at radius 2 is 1.88 bits per heavy atom. The maximum atomic E-state index is 5.50. The molecule has 0 spiro atoms. The highest BCUT2D eigenvalue weighted by Crippen LogP contribution is 2.20. The van der Waals surface area contributed by atoms with Gasteiger partial charge in [0.15, 0.2) is 5.96 Å². The second-order valence-corrected chi connectivity index (χ2v) is 8.13. The lowest BCUT2D eigenvalue weighted by Crippen LogP contribution is -2.46. The fourth-order valence-corrected chi connectivity index (χ4v) is 3.96. The number of likely N-dealkylation sites (N-methyl/N-ethyl adjacent to an activating group) is 1. The summed E-state index contributed by atoms with van der Waals surface area (Å²) < 4.78 is 5.50. The van der Waals surface area contributed by atoms with Crippen molar-refractivity contribution in [3.8, 4) is 5.75 Å². The second-order valence-electron chi connectivity index (χ2n) is 8.13. The van der Waals surface area contributed by atoms with Gasteiger partial charge in [-0.05, 0) is 56.1 Å². The zero-order valence-electron chi connectivity index (χ0n) is 20.4. The minimum absolute atomic E-state index is 0. The Morgan fingerprint density at radius 1 is 1.09 bits per heavy atom. The van der Waals surface area contributed by atoms with Crippen molar-refractivity contribution < 1.29 is 4.74 Å². The highest BCUT2D eigenvalue weighted by molar-refractivity contribution is 14.0. The molecule has 0 aliphatic carbocycles. The summed E-state index contributed by atoms with van der Waals surface area (Å²) in [6, 6.07) is 10.5. The molecular formula is C25H39IN6O. The Kier molecular flexibility index (Phi) is 11.7. The Morgan fingerprint density at radius 3 is 2.58 bits per heavy atom. The number of anilines is 1. The van der Waals surface area contributed by atoms with E-state index in [0.717, 1.165) is 69.8 Å². The van der Waals surface area contributed by atoms with Gasteiger partial charge in [0.05, 0.1) is 13.7 Å². The van der Waals surface area contributed by atoms with Crippen LogP contribution in [0.25, 0.3) is 0 Å². The Labute approximate surface area is 216 Å². The van der Waals surface area contributed by atoms with Gasteiger partial charge in [0.25, 0.3) is 0 Å². The average molecular weight is 567 g/mol. The number of rotatable bonds is 9. The topological polar surface area (TPSA) is 65.0 Å². The number of aromatic nitrogens is 1. The molecule has 182 valence electrons. The molecule has 1 aliphatic heterocycles. The van der Waals surface area contributed by atoms with E-state index in [9.17, 15) is 0 Å². The van der Waals surface area contributed by atoms with E-state index >= 15 is 0 Å². The molecule has 2 heterocycles. The number of aliphatic imine (C=N–C) groups is 1. The number of halogens is 1. The van der Waals surface area contributed by atoms with E-state index in [1.54, 1.807) is 7.11 Å². The van der Waals surface area contributed by atoms with Crippen molar-refractivity contribution in [1.82, 2.24) is 20.5 Å². The first-order valence-corrected chi connectivity index (χ1v) is 11.7. The molecule has 1 aromatic carbocycles. The minimum atomic E-state index is 0. The Bertz CT molecular complexity index is 883. The molecule has 1 fully saturated rings. The molecule has 0 unspecified atom stereocenters. The number of ether oxygens (including phenoxy) is 1. The van der Waals surface area contributed by atoms with Gasteiger partial charge < -0.3 is 25.2 Å². The molecular weight excluding hydrogens is 527 g/mol. The van der Waals surface area contributed by atoms with Crippen LogP contribution in [0, 0.1) is 6.92 Å². The van der Waals surface area contributed by atoms with Crippen LogP contribution in [-0.2, 0) is 13.0 Å². The fraction of sp³-hybridized carbons (Fsp3) is 0.520. The summed E-state index contributed by atoms with van der Waals surface area (Å²) in [5, 5.41) is 6.80. The lowest BCUT2D eigenvalue weighted by molar-refractivity contribution is 0.270. The van der Waals surface area contributed by atoms with E-state index in [1.165, 1.54) is 16.7 Å². The first-order chi connectivity index (χ1) is 15.6. The van der Waals surface area contributed by atoms with Crippen LogP contribution in [0.3, 0.4) is 0 Å². The molecule has 0 bridgehead atoms. The second kappa shape index (κ2) is 14.2. The maximum absolute atomic E-state index is 5.50. The number of benzene rings is 1. The van der Waals surface area contributed by atoms with Gasteiger partial charge in [-0.1, -0.05) is 24.6 Å². The third kappa shape index (κ3) is 8.33. The molecule has 33 heavy (non-hydrogen) atoms. The molecule has 2 N–H and O–H groups in total. The van der Waals surface area contributed by atoms with Crippen LogP contribution < -0.4 is 20.3 Å². The summed E-state index contributed by atoms with van der Waals surface area (Å²) in [4.78, 5) is 14.2. The van der Waals surface area contributed by atoms with E-state index in [4.69, 9.17) is 9.73 Å². The van der Waals surface area contributed by atoms with Gasteiger partial charge >= 0.3 is 0 Å². The molecule has 3 rings (SSSR count). The van der Waals surface area contributed by atoms with Crippen LogP contribution in [0.1, 0.15) is 30.5 Å². The summed E-state index contributed by atoms with van der Waals surface area (Å²) in [5.41, 5.74) is 3.62. The van der Waals surface area contributed by atoms with Crippen LogP contribution in [-0.4, -0.2) is 68.8 Å². The van der Waals surface area contributed by atoms with Crippen LogP contribution in [0.15, 0.2) is 41.5 Å². The predicted octanol–water partition coefficient (Wildman–Crippen LogP) is 3.46. The zero-order chi connectivity index (χ0) is 22.8. The number of methoxy groups -OCH3 is 1. The lowest BCUT2D eigenvalue weighted by Gasteiger charge is -2.34. The maximum Gasteiger partial charge on any atom is 0.191 e. The molecule has 0 atom stereocenters. The number of nitrogens with zero attached hydrogens (tertiary/aromatic N) is 4. The minimum Gasteiger partial charge on any atom is -0.496 e. The van der Waals surface area contributed by atoms with E-state index in [0.29, 0.717) is 6.54 Å². The molecule has 2 aromatic rings. The number of guanidine groups is 1. The number of aryl methyl sites for hydroxylation is 1. The number of pyridine rings is 1. The van der Waals surface area contributed by atoms with E-state index in [-0.39, 0.29) is 24.0 Å². The molecule has 1 saturated heterocycles. The van der Waals surface area contributed by atoms with Crippen LogP contribution >= 0.6 is 24.0 Å². The zero-order valence-corrected chi connectivity index (χ0v) is 22.8. The molecule has 0 amide bonds. The molecule has 0 radical (unpaired) electrons. The SMILES string of the molecule is CCNC(=NCc1ccnc(N2CCN(CC)CC2)c1)NCCc1cc(C)ccc1OC.I. The summed E-state index contributed by atoms with van der Waals surface area (Å²) in [6.45, 7) is 14.0. The standard InChI is InChI=1S/C25H38N6O.HI/c1-5-26-25(28-12-10-22-17-20(3)7-8-23(22)32-4)29-19-21-9-11-27-24(18-21)31-15-13-30(6-2)14-16-31;/h7-9,11,17-18H,5-6,10,12-16,19H2,1-4H3,(H2,26,28,29);1H. The van der Waals surface area contributed by atoms with Gasteiger partial charge in [0.2, 0.25) is 0 Å². The highest BCUT2D eigenvalue weighted by Gasteiger charge is 2.16. The summed E-state index contributed by atoms with van der Waals surface area (Å²) >= 11 is 0. The smallest absolute Gasteiger partial charge is 0.191 e. The molecule has 8 heteroatoms. The van der Waals surface area contributed by atoms with E-state index < -0.39 is 0 Å². The largest absolute Gasteiger partial charge is 0.496 e. The number of hydrogen-bond donors (Lipinski definition) is 2. The Hall–Kier alpha value is -2.07. The van der Waals surface area contributed by atoms with Crippen LogP contribution in [0.2, 0.25) is 0 Å². The van der Waals surface area contributed by atoms with Crippen LogP contribution in [0.4, 0.5) is 5.82 Å². The van der Waals surface area contributed by atoms with Crippen molar-refractivity contribution in [2.75, 3.05) is 57.8 Å². The van der Waals surface area contributed by atoms with E-state index in [2.05, 4.69) is 70.5 Å². The van der Waals surface area contributed by atoms with Crippen LogP contribution in [0.5, 0.6) is 5.75 Å². The van der Waals surface area contributed by atoms with Crippen molar-refractivity contribution in [3.05, 3.63) is 53.2 Å². The van der Waals surface area contributed by atoms with E-state index in [1.807, 2.05) is 12.3 Å². The quantitative estimate of drug-likeness (QED) is 0.276. The van der Waals surface area contributed by atoms with Gasteiger partial charge in [0.1, 0.15) is 11.6 Å². The molecule has 1 aliphatic rings. The van der Waals surface area contributed by atoms with Crippen molar-refractivity contribution in [2.45, 2.75) is 33.7 Å². The molecule has 7 nitrogen and oxygen atoms in total. The molecule has 1 aromatic heterocycles. The number of nitrogens with one attached hydrogen (secondary N) is 2. The Balaban J connectivity index is 0.00000385. The lowest BCUT2D eigenvalue weighted by atomic mass is 10.1. The summed E-state index contributed by atoms with van der Waals surface area (Å²) in [6.07, 6.45) is 2.77. The monoisotopic (exact) mass is 566 g/mol. The van der Waals surface area contributed by atoms with Gasteiger partial charge in [-0.15, -0.1) is 24.0 Å². The summed E-state index contributed by atoms with van der Waals surface area (Å²) in [5.74, 6) is 2.82. The van der Waals surface area contributed by atoms with Gasteiger partial charge in [0, 0.05) is 45.5 Å². The third-order valence-corrected chi connectivity index (χ3v) is 5.84. The van der Waals surface area contributed by atoms with Gasteiger partial charge in [-0.2, -0.15) is 0 Å². The number of piperazine rings is 1. The normalized spacial score (nSPS) is 14.5. The third-order valence-electron chi connectivity index (χ3n) is 5.84. The first-order valence-electron chi connectivity index (χ1n) is 11.7. The highest BCUT2D eigenvalue weighted by atomic mass is 127. The van der Waals surface area contributed by atoms with Crippen molar-refractivity contribution in [2.24, 2.45) is 4.99 Å². The predicted molar refractivity (Wildman–Crippen MR) is 148 cm³/mol. The van der Waals surface area contributed by atoms with Crippen molar-refractivity contribution in [3.63, 3.8) is 0 Å².